The number of unbranched alkanes of at least 4 members (excludes halogenated alkanes) is 17. The van der Waals surface area contributed by atoms with Crippen molar-refractivity contribution in [3.8, 4) is 0 Å². The van der Waals surface area contributed by atoms with E-state index in [0.29, 0.717) is 0 Å². The summed E-state index contributed by atoms with van der Waals surface area (Å²) in [6, 6.07) is 0. The van der Waals surface area contributed by atoms with Crippen LogP contribution in [0.15, 0.2) is 0 Å². The second kappa shape index (κ2) is 22.0. The maximum atomic E-state index is 5.60. The molecule has 0 rings (SSSR count). The molecule has 1 unspecified atom stereocenters. The van der Waals surface area contributed by atoms with Crippen LogP contribution in [0.1, 0.15) is 142 Å². The molecule has 0 heterocycles. The molecule has 0 aliphatic carbocycles. The van der Waals surface area contributed by atoms with E-state index >= 15 is 0 Å². The van der Waals surface area contributed by atoms with Crippen molar-refractivity contribution in [3.05, 3.63) is 0 Å². The van der Waals surface area contributed by atoms with Gasteiger partial charge in [0.05, 0.1) is 0 Å². The van der Waals surface area contributed by atoms with E-state index in [4.69, 9.17) is 5.73 Å². The van der Waals surface area contributed by atoms with E-state index in [1.54, 1.807) is 0 Å². The average molecular weight is 354 g/mol. The fourth-order valence-electron chi connectivity index (χ4n) is 3.82. The summed E-state index contributed by atoms with van der Waals surface area (Å²) in [4.78, 5) is 0. The van der Waals surface area contributed by atoms with Crippen molar-refractivity contribution in [1.82, 2.24) is 0 Å². The largest absolute Gasteiger partial charge is 0.330 e. The lowest BCUT2D eigenvalue weighted by Crippen LogP contribution is -2.05. The van der Waals surface area contributed by atoms with Crippen LogP contribution >= 0.6 is 0 Å². The first-order valence-corrected chi connectivity index (χ1v) is 12.0. The van der Waals surface area contributed by atoms with Gasteiger partial charge < -0.3 is 5.73 Å². The maximum absolute atomic E-state index is 5.60. The van der Waals surface area contributed by atoms with Gasteiger partial charge in [0.15, 0.2) is 0 Å². The van der Waals surface area contributed by atoms with E-state index in [9.17, 15) is 0 Å². The first kappa shape index (κ1) is 25.0. The highest BCUT2D eigenvalue weighted by Gasteiger charge is 2.00. The second-order valence-corrected chi connectivity index (χ2v) is 8.48. The van der Waals surface area contributed by atoms with Crippen LogP contribution in [0.5, 0.6) is 0 Å². The van der Waals surface area contributed by atoms with E-state index in [2.05, 4.69) is 13.8 Å². The van der Waals surface area contributed by atoms with Crippen molar-refractivity contribution in [1.29, 1.82) is 0 Å². The highest BCUT2D eigenvalue weighted by atomic mass is 14.5. The van der Waals surface area contributed by atoms with Gasteiger partial charge in [-0.2, -0.15) is 0 Å². The molecule has 0 saturated carbocycles. The Hall–Kier alpha value is -0.0400. The molecule has 1 nitrogen and oxygen atoms in total. The van der Waals surface area contributed by atoms with Crippen LogP contribution in [0.25, 0.3) is 0 Å². The zero-order valence-corrected chi connectivity index (χ0v) is 18.0. The van der Waals surface area contributed by atoms with E-state index in [1.807, 2.05) is 0 Å². The van der Waals surface area contributed by atoms with Gasteiger partial charge in [-0.05, 0) is 18.9 Å². The van der Waals surface area contributed by atoms with Gasteiger partial charge in [-0.25, -0.2) is 0 Å². The van der Waals surface area contributed by atoms with Gasteiger partial charge in [-0.3, -0.25) is 0 Å². The summed E-state index contributed by atoms with van der Waals surface area (Å²) in [6.45, 7) is 5.51. The molecule has 2 N–H and O–H groups in total. The van der Waals surface area contributed by atoms with Gasteiger partial charge in [-0.1, -0.05) is 136 Å². The van der Waals surface area contributed by atoms with Gasteiger partial charge in [0.2, 0.25) is 0 Å². The van der Waals surface area contributed by atoms with E-state index in [-0.39, 0.29) is 0 Å². The van der Waals surface area contributed by atoms with Crippen LogP contribution in [-0.4, -0.2) is 6.54 Å². The molecule has 0 radical (unpaired) electrons. The molecule has 0 aromatic rings. The quantitative estimate of drug-likeness (QED) is 0.206. The topological polar surface area (TPSA) is 26.0 Å². The lowest BCUT2D eigenvalue weighted by molar-refractivity contribution is 0.458. The van der Waals surface area contributed by atoms with Crippen LogP contribution in [-0.2, 0) is 0 Å². The Morgan fingerprint density at radius 2 is 0.800 bits per heavy atom. The normalized spacial score (nSPS) is 12.6. The third-order valence-corrected chi connectivity index (χ3v) is 5.71. The van der Waals surface area contributed by atoms with Crippen molar-refractivity contribution < 1.29 is 0 Å². The zero-order chi connectivity index (χ0) is 18.4. The molecule has 0 aliphatic heterocycles. The molecule has 25 heavy (non-hydrogen) atoms. The first-order valence-electron chi connectivity index (χ1n) is 12.0. The van der Waals surface area contributed by atoms with Gasteiger partial charge in [-0.15, -0.1) is 0 Å². The van der Waals surface area contributed by atoms with Crippen LogP contribution in [0.3, 0.4) is 0 Å². The van der Waals surface area contributed by atoms with E-state index in [1.165, 1.54) is 128 Å². The minimum absolute atomic E-state index is 0.839. The summed E-state index contributed by atoms with van der Waals surface area (Å²) in [5.74, 6) is 0.839. The van der Waals surface area contributed by atoms with Gasteiger partial charge >= 0.3 is 0 Å². The smallest absolute Gasteiger partial charge is 0.00747 e. The Morgan fingerprint density at radius 3 is 1.12 bits per heavy atom. The fourth-order valence-corrected chi connectivity index (χ4v) is 3.82. The second-order valence-electron chi connectivity index (χ2n) is 8.48. The van der Waals surface area contributed by atoms with Crippen LogP contribution in [0, 0.1) is 5.92 Å². The minimum Gasteiger partial charge on any atom is -0.330 e. The number of nitrogens with two attached hydrogens (primary N) is 1. The van der Waals surface area contributed by atoms with Crippen molar-refractivity contribution in [3.63, 3.8) is 0 Å². The van der Waals surface area contributed by atoms with Crippen LogP contribution < -0.4 is 5.73 Å². The third kappa shape index (κ3) is 21.9. The molecule has 1 atom stereocenters. The number of hydrogen-bond donors (Lipinski definition) is 1. The lowest BCUT2D eigenvalue weighted by atomic mass is 9.99. The Kier molecular flexibility index (Phi) is 22.0. The van der Waals surface area contributed by atoms with Crippen LogP contribution in [0.4, 0.5) is 0 Å². The summed E-state index contributed by atoms with van der Waals surface area (Å²) in [5, 5.41) is 0. The van der Waals surface area contributed by atoms with Crippen molar-refractivity contribution in [2.24, 2.45) is 11.7 Å². The fraction of sp³-hybridized carbons (Fsp3) is 1.00. The van der Waals surface area contributed by atoms with E-state index < -0.39 is 0 Å². The maximum Gasteiger partial charge on any atom is -0.00747 e. The summed E-state index contributed by atoms with van der Waals surface area (Å²) >= 11 is 0. The average Bonchev–Trinajstić information content (AvgIpc) is 2.61. The molecule has 0 aromatic heterocycles. The monoisotopic (exact) mass is 353 g/mol. The van der Waals surface area contributed by atoms with Crippen molar-refractivity contribution >= 4 is 0 Å². The molecule has 0 aliphatic rings. The summed E-state index contributed by atoms with van der Waals surface area (Å²) in [5.41, 5.74) is 5.60. The highest BCUT2D eigenvalue weighted by Crippen LogP contribution is 2.16. The molecular weight excluding hydrogens is 302 g/mol. The van der Waals surface area contributed by atoms with Gasteiger partial charge in [0, 0.05) is 0 Å². The Bertz CT molecular complexity index is 226. The first-order chi connectivity index (χ1) is 12.3. The molecule has 0 spiro atoms. The summed E-state index contributed by atoms with van der Waals surface area (Å²) in [7, 11) is 0. The Labute approximate surface area is 160 Å². The lowest BCUT2D eigenvalue weighted by Gasteiger charge is -2.09. The highest BCUT2D eigenvalue weighted by molar-refractivity contribution is 4.55. The SMILES string of the molecule is CCCCCCCCCCCCCCCCCCCCC(C)CCN. The van der Waals surface area contributed by atoms with Gasteiger partial charge in [0.1, 0.15) is 0 Å². The molecule has 152 valence electrons. The van der Waals surface area contributed by atoms with Crippen molar-refractivity contribution in [2.75, 3.05) is 6.54 Å². The molecule has 0 saturated heterocycles. The third-order valence-electron chi connectivity index (χ3n) is 5.71. The predicted octanol–water partition coefficient (Wildman–Crippen LogP) is 8.40. The van der Waals surface area contributed by atoms with E-state index in [0.717, 1.165) is 12.5 Å². The molecule has 1 heteroatoms. The standard InChI is InChI=1S/C24H51N/c1-3-4-5-6-7-8-9-10-11-12-13-14-15-16-17-18-19-20-21-24(2)22-23-25/h24H,3-23,25H2,1-2H3. The Morgan fingerprint density at radius 1 is 0.480 bits per heavy atom. The molecule has 0 fully saturated rings. The zero-order valence-electron chi connectivity index (χ0n) is 18.0. The number of hydrogen-bond acceptors (Lipinski definition) is 1. The Balaban J connectivity index is 3.00. The van der Waals surface area contributed by atoms with Crippen LogP contribution in [0.2, 0.25) is 0 Å². The molecule has 0 aromatic carbocycles. The molecule has 0 amide bonds. The predicted molar refractivity (Wildman–Crippen MR) is 116 cm³/mol. The molecule has 0 bridgehead atoms. The molecular formula is C24H51N. The van der Waals surface area contributed by atoms with Gasteiger partial charge in [0.25, 0.3) is 0 Å². The van der Waals surface area contributed by atoms with Crippen molar-refractivity contribution in [2.45, 2.75) is 142 Å². The summed E-state index contributed by atoms with van der Waals surface area (Å²) < 4.78 is 0. The minimum atomic E-state index is 0.839. The number of rotatable bonds is 21. The summed E-state index contributed by atoms with van der Waals surface area (Å²) in [6.07, 6.45) is 28.9.